The quantitative estimate of drug-likeness (QED) is 0.288. The Hall–Kier alpha value is -2.73. The maximum atomic E-state index is 13.4. The van der Waals surface area contributed by atoms with Crippen LogP contribution in [0.4, 0.5) is 16.4 Å². The Balaban J connectivity index is 1.85. The highest BCUT2D eigenvalue weighted by atomic mass is 35.5. The van der Waals surface area contributed by atoms with Crippen molar-refractivity contribution in [1.82, 2.24) is 0 Å². The van der Waals surface area contributed by atoms with Crippen molar-refractivity contribution >= 4 is 54.4 Å². The number of carbonyl (C=O) groups excluding carboxylic acids is 1. The first kappa shape index (κ1) is 18.6. The molecule has 4 rings (SSSR count). The Morgan fingerprint density at radius 2 is 1.46 bits per heavy atom. The molecule has 0 atom stereocenters. The minimum Gasteiger partial charge on any atom is -0.346 e. The number of nitrogens with zero attached hydrogens (tertiary/aromatic N) is 1. The van der Waals surface area contributed by atoms with E-state index in [1.54, 1.807) is 12.1 Å². The van der Waals surface area contributed by atoms with Crippen LogP contribution in [0.1, 0.15) is 15.9 Å². The van der Waals surface area contributed by atoms with Gasteiger partial charge in [-0.3, -0.25) is 4.79 Å². The van der Waals surface area contributed by atoms with Crippen LogP contribution in [0.3, 0.4) is 0 Å². The number of carbonyl (C=O) groups is 1. The molecular weight excluding hydrogens is 408 g/mol. The normalized spacial score (nSPS) is 11.4. The van der Waals surface area contributed by atoms with E-state index < -0.39 is 0 Å². The van der Waals surface area contributed by atoms with Gasteiger partial charge in [-0.1, -0.05) is 80.8 Å². The fraction of sp³-hybridized carbons (Fsp3) is 0. The molecule has 138 valence electrons. The minimum absolute atomic E-state index is 0.142. The van der Waals surface area contributed by atoms with Gasteiger partial charge < -0.3 is 5.32 Å². The van der Waals surface area contributed by atoms with Crippen LogP contribution in [0.2, 0.25) is 5.02 Å². The monoisotopic (exact) mass is 422 g/mol. The predicted octanol–water partition coefficient (Wildman–Crippen LogP) is 6.67. The fourth-order valence-corrected chi connectivity index (χ4v) is 5.20. The van der Waals surface area contributed by atoms with Gasteiger partial charge in [0.1, 0.15) is 9.67 Å². The van der Waals surface area contributed by atoms with Crippen molar-refractivity contribution in [3.05, 3.63) is 106 Å². The second kappa shape index (κ2) is 8.52. The van der Waals surface area contributed by atoms with Gasteiger partial charge in [-0.25, -0.2) is 4.99 Å². The average Bonchev–Trinajstić information content (AvgIpc) is 3.11. The van der Waals surface area contributed by atoms with Crippen molar-refractivity contribution in [2.75, 3.05) is 5.32 Å². The molecule has 0 aliphatic rings. The van der Waals surface area contributed by atoms with Crippen LogP contribution >= 0.6 is 32.3 Å². The van der Waals surface area contributed by atoms with Gasteiger partial charge in [0.15, 0.2) is 0 Å². The first-order valence-electron chi connectivity index (χ1n) is 8.56. The van der Waals surface area contributed by atoms with Crippen LogP contribution in [0, 0.1) is 0 Å². The summed E-state index contributed by atoms with van der Waals surface area (Å²) in [5.41, 5.74) is 2.72. The third-order valence-corrected chi connectivity index (χ3v) is 6.57. The molecule has 3 nitrogen and oxygen atoms in total. The van der Waals surface area contributed by atoms with Crippen LogP contribution < -0.4 is 9.99 Å². The molecule has 0 bridgehead atoms. The molecule has 0 fully saturated rings. The van der Waals surface area contributed by atoms with Crippen molar-refractivity contribution in [3.63, 3.8) is 0 Å². The number of nitrogens with one attached hydrogen (secondary N) is 1. The van der Waals surface area contributed by atoms with Gasteiger partial charge in [0.25, 0.3) is 0 Å². The third kappa shape index (κ3) is 4.07. The summed E-state index contributed by atoms with van der Waals surface area (Å²) < 4.78 is 0.666. The van der Waals surface area contributed by atoms with E-state index in [9.17, 15) is 4.79 Å². The molecule has 4 aromatic rings. The molecule has 1 N–H and O–H groups in total. The topological polar surface area (TPSA) is 41.5 Å². The number of halogens is 1. The molecule has 28 heavy (non-hydrogen) atoms. The van der Waals surface area contributed by atoms with Gasteiger partial charge in [-0.05, 0) is 36.4 Å². The van der Waals surface area contributed by atoms with Gasteiger partial charge in [0.05, 0.1) is 16.3 Å². The van der Waals surface area contributed by atoms with Crippen molar-refractivity contribution in [2.45, 2.75) is 0 Å². The number of hydrogen-bond acceptors (Lipinski definition) is 5. The third-order valence-electron chi connectivity index (χ3n) is 4.01. The summed E-state index contributed by atoms with van der Waals surface area (Å²) in [4.78, 5) is 18.1. The van der Waals surface area contributed by atoms with Crippen molar-refractivity contribution in [2.24, 2.45) is 4.99 Å². The fourth-order valence-electron chi connectivity index (χ4n) is 2.67. The lowest BCUT2D eigenvalue weighted by Crippen LogP contribution is -2.13. The highest BCUT2D eigenvalue weighted by Crippen LogP contribution is 2.31. The van der Waals surface area contributed by atoms with Gasteiger partial charge in [-0.15, -0.1) is 0 Å². The minimum atomic E-state index is -0.142. The second-order valence-electron chi connectivity index (χ2n) is 5.92. The predicted molar refractivity (Wildman–Crippen MR) is 118 cm³/mol. The molecule has 1 aromatic heterocycles. The summed E-state index contributed by atoms with van der Waals surface area (Å²) in [6.07, 6.45) is 0. The van der Waals surface area contributed by atoms with E-state index in [1.165, 1.54) is 20.7 Å². The number of para-hydroxylation sites is 2. The zero-order valence-corrected chi connectivity index (χ0v) is 17.0. The Morgan fingerprint density at radius 1 is 0.821 bits per heavy atom. The van der Waals surface area contributed by atoms with Gasteiger partial charge in [0, 0.05) is 11.3 Å². The first-order chi connectivity index (χ1) is 13.7. The van der Waals surface area contributed by atoms with Gasteiger partial charge in [-0.2, -0.15) is 0 Å². The highest BCUT2D eigenvalue weighted by molar-refractivity contribution is 7.70. The lowest BCUT2D eigenvalue weighted by molar-refractivity contribution is 0.103. The zero-order valence-electron chi connectivity index (χ0n) is 14.6. The van der Waals surface area contributed by atoms with E-state index in [1.807, 2.05) is 72.8 Å². The smallest absolute Gasteiger partial charge is 0.200 e. The SMILES string of the molecule is O=C(c1ccccc1Cl)c1c(Nc2ccccc2)ssc1=Nc1ccccc1. The Bertz CT molecular complexity index is 1170. The largest absolute Gasteiger partial charge is 0.346 e. The lowest BCUT2D eigenvalue weighted by atomic mass is 10.1. The molecule has 0 radical (unpaired) electrons. The van der Waals surface area contributed by atoms with Crippen LogP contribution in [-0.4, -0.2) is 5.78 Å². The van der Waals surface area contributed by atoms with E-state index >= 15 is 0 Å². The van der Waals surface area contributed by atoms with E-state index in [2.05, 4.69) is 5.32 Å². The van der Waals surface area contributed by atoms with E-state index in [4.69, 9.17) is 16.6 Å². The second-order valence-corrected chi connectivity index (χ2v) is 8.46. The van der Waals surface area contributed by atoms with Crippen molar-refractivity contribution < 1.29 is 4.79 Å². The summed E-state index contributed by atoms with van der Waals surface area (Å²) in [5, 5.41) is 4.54. The molecule has 0 saturated carbocycles. The number of ketones is 1. The molecule has 0 saturated heterocycles. The molecular formula is C22H15ClN2OS2. The summed E-state index contributed by atoms with van der Waals surface area (Å²) >= 11 is 6.30. The molecule has 0 unspecified atom stereocenters. The molecule has 0 amide bonds. The van der Waals surface area contributed by atoms with Crippen molar-refractivity contribution in [1.29, 1.82) is 0 Å². The Labute approximate surface area is 175 Å². The van der Waals surface area contributed by atoms with Crippen LogP contribution in [0.15, 0.2) is 89.9 Å². The summed E-state index contributed by atoms with van der Waals surface area (Å²) in [5.74, 6) is -0.142. The summed E-state index contributed by atoms with van der Waals surface area (Å²) in [6.45, 7) is 0. The molecule has 0 aliphatic heterocycles. The Kier molecular flexibility index (Phi) is 5.67. The standard InChI is InChI=1S/C22H15ClN2OS2/c23-18-14-8-7-13-17(18)20(26)19-21(24-15-9-3-1-4-10-15)27-28-22(19)25-16-11-5-2-6-12-16/h1-14,24H. The van der Waals surface area contributed by atoms with Crippen LogP contribution in [0.25, 0.3) is 0 Å². The lowest BCUT2D eigenvalue weighted by Gasteiger charge is -2.07. The number of rotatable bonds is 5. The van der Waals surface area contributed by atoms with Crippen molar-refractivity contribution in [3.8, 4) is 0 Å². The molecule has 3 aromatic carbocycles. The molecule has 0 spiro atoms. The summed E-state index contributed by atoms with van der Waals surface area (Å²) in [6, 6.07) is 26.5. The van der Waals surface area contributed by atoms with Crippen LogP contribution in [0.5, 0.6) is 0 Å². The number of benzene rings is 3. The van der Waals surface area contributed by atoms with Crippen LogP contribution in [-0.2, 0) is 0 Å². The molecule has 6 heteroatoms. The molecule has 1 heterocycles. The summed E-state index contributed by atoms with van der Waals surface area (Å²) in [7, 11) is 2.96. The maximum Gasteiger partial charge on any atom is 0.200 e. The zero-order chi connectivity index (χ0) is 19.3. The average molecular weight is 423 g/mol. The number of anilines is 2. The van der Waals surface area contributed by atoms with E-state index in [0.717, 1.165) is 16.4 Å². The Morgan fingerprint density at radius 3 is 2.18 bits per heavy atom. The number of hydrogen-bond donors (Lipinski definition) is 1. The maximum absolute atomic E-state index is 13.4. The molecule has 0 aliphatic carbocycles. The van der Waals surface area contributed by atoms with Gasteiger partial charge >= 0.3 is 0 Å². The van der Waals surface area contributed by atoms with E-state index in [0.29, 0.717) is 20.8 Å². The van der Waals surface area contributed by atoms with E-state index in [-0.39, 0.29) is 5.78 Å². The van der Waals surface area contributed by atoms with Gasteiger partial charge in [0.2, 0.25) is 5.78 Å². The highest BCUT2D eigenvalue weighted by Gasteiger charge is 2.21. The first-order valence-corrected chi connectivity index (χ1v) is 11.1.